The number of carbonyl (C=O) groups is 1. The third kappa shape index (κ3) is 3.11. The number of rotatable bonds is 5. The van der Waals surface area contributed by atoms with Crippen molar-refractivity contribution >= 4 is 17.9 Å². The first kappa shape index (κ1) is 12.6. The number of nitrogens with zero attached hydrogens (tertiary/aromatic N) is 1. The molecule has 18 heavy (non-hydrogen) atoms. The van der Waals surface area contributed by atoms with Gasteiger partial charge in [-0.3, -0.25) is 4.90 Å². The molecule has 0 saturated carbocycles. The standard InChI is InChI=1S/C14H17NO3/c1-3-11-5-7-12(8-6-11)15(9-13-10-18-13)14(16)17-4-2/h3,5-8,13H,1,4,9-10H2,2H3. The van der Waals surface area contributed by atoms with Crippen LogP contribution in [0.4, 0.5) is 10.5 Å². The number of carbonyl (C=O) groups excluding carboxylic acids is 1. The van der Waals surface area contributed by atoms with Crippen LogP contribution in [0.2, 0.25) is 0 Å². The summed E-state index contributed by atoms with van der Waals surface area (Å²) in [5, 5.41) is 0. The molecule has 4 heteroatoms. The van der Waals surface area contributed by atoms with Crippen LogP contribution in [0.5, 0.6) is 0 Å². The molecule has 0 N–H and O–H groups in total. The van der Waals surface area contributed by atoms with Gasteiger partial charge in [0.15, 0.2) is 0 Å². The second-order valence-electron chi connectivity index (χ2n) is 4.06. The van der Waals surface area contributed by atoms with Crippen LogP contribution in [0.1, 0.15) is 12.5 Å². The molecule has 1 fully saturated rings. The molecule has 0 bridgehead atoms. The van der Waals surface area contributed by atoms with E-state index in [1.165, 1.54) is 0 Å². The fraction of sp³-hybridized carbons (Fsp3) is 0.357. The molecule has 1 aromatic rings. The van der Waals surface area contributed by atoms with Crippen molar-refractivity contribution in [2.75, 3.05) is 24.7 Å². The van der Waals surface area contributed by atoms with E-state index in [1.54, 1.807) is 17.9 Å². The van der Waals surface area contributed by atoms with Crippen LogP contribution in [0, 0.1) is 0 Å². The highest BCUT2D eigenvalue weighted by Gasteiger charge is 2.29. The number of amides is 1. The molecule has 1 unspecified atom stereocenters. The monoisotopic (exact) mass is 247 g/mol. The van der Waals surface area contributed by atoms with Gasteiger partial charge in [-0.05, 0) is 24.6 Å². The molecule has 0 aromatic heterocycles. The van der Waals surface area contributed by atoms with Crippen LogP contribution < -0.4 is 4.90 Å². The van der Waals surface area contributed by atoms with E-state index < -0.39 is 0 Å². The van der Waals surface area contributed by atoms with Gasteiger partial charge in [0.2, 0.25) is 0 Å². The van der Waals surface area contributed by atoms with Gasteiger partial charge in [0.05, 0.1) is 25.9 Å². The Bertz CT molecular complexity index is 423. The zero-order chi connectivity index (χ0) is 13.0. The SMILES string of the molecule is C=Cc1ccc(N(CC2CO2)C(=O)OCC)cc1. The van der Waals surface area contributed by atoms with Gasteiger partial charge in [0.1, 0.15) is 0 Å². The second kappa shape index (κ2) is 5.69. The van der Waals surface area contributed by atoms with E-state index in [-0.39, 0.29) is 12.2 Å². The Hall–Kier alpha value is -1.81. The summed E-state index contributed by atoms with van der Waals surface area (Å²) in [7, 11) is 0. The van der Waals surface area contributed by atoms with Crippen molar-refractivity contribution in [3.8, 4) is 0 Å². The lowest BCUT2D eigenvalue weighted by molar-refractivity contribution is 0.159. The summed E-state index contributed by atoms with van der Waals surface area (Å²) in [4.78, 5) is 13.5. The molecule has 4 nitrogen and oxygen atoms in total. The summed E-state index contributed by atoms with van der Waals surface area (Å²) in [6, 6.07) is 7.61. The van der Waals surface area contributed by atoms with Gasteiger partial charge in [0, 0.05) is 5.69 Å². The van der Waals surface area contributed by atoms with Crippen molar-refractivity contribution in [3.63, 3.8) is 0 Å². The summed E-state index contributed by atoms with van der Waals surface area (Å²) in [5.41, 5.74) is 1.83. The lowest BCUT2D eigenvalue weighted by Gasteiger charge is -2.21. The summed E-state index contributed by atoms with van der Waals surface area (Å²) in [6.07, 6.45) is 1.57. The number of ether oxygens (including phenoxy) is 2. The maximum Gasteiger partial charge on any atom is 0.414 e. The number of hydrogen-bond donors (Lipinski definition) is 0. The minimum Gasteiger partial charge on any atom is -0.449 e. The molecule has 96 valence electrons. The minimum atomic E-state index is -0.334. The molecular weight excluding hydrogens is 230 g/mol. The maximum absolute atomic E-state index is 11.9. The van der Waals surface area contributed by atoms with E-state index in [4.69, 9.17) is 9.47 Å². The van der Waals surface area contributed by atoms with Gasteiger partial charge < -0.3 is 9.47 Å². The first-order valence-corrected chi connectivity index (χ1v) is 6.03. The van der Waals surface area contributed by atoms with E-state index in [1.807, 2.05) is 24.3 Å². The Balaban J connectivity index is 2.14. The molecular formula is C14H17NO3. The van der Waals surface area contributed by atoms with Crippen molar-refractivity contribution in [1.82, 2.24) is 0 Å². The molecule has 1 heterocycles. The van der Waals surface area contributed by atoms with Crippen molar-refractivity contribution in [2.24, 2.45) is 0 Å². The topological polar surface area (TPSA) is 42.1 Å². The van der Waals surface area contributed by atoms with E-state index in [0.29, 0.717) is 19.8 Å². The molecule has 1 amide bonds. The second-order valence-corrected chi connectivity index (χ2v) is 4.06. The summed E-state index contributed by atoms with van der Waals surface area (Å²) in [5.74, 6) is 0. The number of anilines is 1. The number of hydrogen-bond acceptors (Lipinski definition) is 3. The first-order chi connectivity index (χ1) is 8.74. The van der Waals surface area contributed by atoms with E-state index in [0.717, 1.165) is 11.3 Å². The van der Waals surface area contributed by atoms with E-state index in [9.17, 15) is 4.79 Å². The van der Waals surface area contributed by atoms with Crippen LogP contribution in [0.15, 0.2) is 30.8 Å². The summed E-state index contributed by atoms with van der Waals surface area (Å²) in [6.45, 7) is 7.11. The van der Waals surface area contributed by atoms with Crippen molar-refractivity contribution < 1.29 is 14.3 Å². The van der Waals surface area contributed by atoms with Crippen LogP contribution in [0.3, 0.4) is 0 Å². The molecule has 0 aliphatic carbocycles. The maximum atomic E-state index is 11.9. The Kier molecular flexibility index (Phi) is 3.99. The van der Waals surface area contributed by atoms with Gasteiger partial charge in [-0.25, -0.2) is 4.79 Å². The Morgan fingerprint density at radius 1 is 1.56 bits per heavy atom. The molecule has 1 aromatic carbocycles. The Morgan fingerprint density at radius 3 is 2.72 bits per heavy atom. The third-order valence-corrected chi connectivity index (χ3v) is 2.72. The highest BCUT2D eigenvalue weighted by molar-refractivity contribution is 5.87. The molecule has 1 saturated heterocycles. The fourth-order valence-electron chi connectivity index (χ4n) is 1.65. The average molecular weight is 247 g/mol. The van der Waals surface area contributed by atoms with Gasteiger partial charge in [-0.1, -0.05) is 24.8 Å². The average Bonchev–Trinajstić information content (AvgIpc) is 3.20. The van der Waals surface area contributed by atoms with E-state index >= 15 is 0 Å². The largest absolute Gasteiger partial charge is 0.449 e. The molecule has 1 aliphatic heterocycles. The minimum absolute atomic E-state index is 0.133. The molecule has 0 radical (unpaired) electrons. The highest BCUT2D eigenvalue weighted by atomic mass is 16.6. The van der Waals surface area contributed by atoms with E-state index in [2.05, 4.69) is 6.58 Å². The Labute approximate surface area is 107 Å². The highest BCUT2D eigenvalue weighted by Crippen LogP contribution is 2.21. The number of epoxide rings is 1. The van der Waals surface area contributed by atoms with Crippen molar-refractivity contribution in [3.05, 3.63) is 36.4 Å². The van der Waals surface area contributed by atoms with Crippen molar-refractivity contribution in [1.29, 1.82) is 0 Å². The lowest BCUT2D eigenvalue weighted by atomic mass is 10.2. The quantitative estimate of drug-likeness (QED) is 0.751. The predicted octanol–water partition coefficient (Wildman–Crippen LogP) is 2.69. The van der Waals surface area contributed by atoms with Crippen molar-refractivity contribution in [2.45, 2.75) is 13.0 Å². The lowest BCUT2D eigenvalue weighted by Crippen LogP contribution is -2.34. The summed E-state index contributed by atoms with van der Waals surface area (Å²) >= 11 is 0. The predicted molar refractivity (Wildman–Crippen MR) is 70.6 cm³/mol. The zero-order valence-corrected chi connectivity index (χ0v) is 10.5. The molecule has 1 aliphatic rings. The summed E-state index contributed by atoms with van der Waals surface area (Å²) < 4.78 is 10.2. The van der Waals surface area contributed by atoms with Crippen LogP contribution in [-0.2, 0) is 9.47 Å². The Morgan fingerprint density at radius 2 is 2.22 bits per heavy atom. The molecule has 0 spiro atoms. The number of benzene rings is 1. The molecule has 2 rings (SSSR count). The van der Waals surface area contributed by atoms with Crippen LogP contribution in [0.25, 0.3) is 6.08 Å². The van der Waals surface area contributed by atoms with Gasteiger partial charge >= 0.3 is 6.09 Å². The smallest absolute Gasteiger partial charge is 0.414 e. The normalized spacial score (nSPS) is 17.1. The van der Waals surface area contributed by atoms with Gasteiger partial charge in [-0.15, -0.1) is 0 Å². The van der Waals surface area contributed by atoms with Gasteiger partial charge in [-0.2, -0.15) is 0 Å². The first-order valence-electron chi connectivity index (χ1n) is 6.03. The zero-order valence-electron chi connectivity index (χ0n) is 10.5. The fourth-order valence-corrected chi connectivity index (χ4v) is 1.65. The van der Waals surface area contributed by atoms with Gasteiger partial charge in [0.25, 0.3) is 0 Å². The third-order valence-electron chi connectivity index (χ3n) is 2.72. The van der Waals surface area contributed by atoms with Crippen LogP contribution in [-0.4, -0.2) is 32.0 Å². The molecule has 1 atom stereocenters. The van der Waals surface area contributed by atoms with Crippen LogP contribution >= 0.6 is 0 Å².